The van der Waals surface area contributed by atoms with Gasteiger partial charge in [0.15, 0.2) is 5.16 Å². The Morgan fingerprint density at radius 2 is 2.17 bits per heavy atom. The molecule has 1 fully saturated rings. The Kier molecular flexibility index (Phi) is 5.87. The quantitative estimate of drug-likeness (QED) is 0.398. The van der Waals surface area contributed by atoms with Crippen molar-refractivity contribution in [1.82, 2.24) is 19.7 Å². The molecule has 1 aliphatic heterocycles. The first-order chi connectivity index (χ1) is 13.8. The van der Waals surface area contributed by atoms with E-state index in [1.807, 2.05) is 0 Å². The first-order valence-electron chi connectivity index (χ1n) is 9.07. The highest BCUT2D eigenvalue weighted by molar-refractivity contribution is 7.99. The summed E-state index contributed by atoms with van der Waals surface area (Å²) in [5, 5.41) is 19.8. The summed E-state index contributed by atoms with van der Waals surface area (Å²) in [5.41, 5.74) is -1.13. The number of rotatable bonds is 6. The molecule has 0 aliphatic carbocycles. The SMILES string of the molecule is CCOC(=O)[C@@]1(C)CCCN1C(=O)c1ccc(Sc2nncn2C)c([N+](=O)[O-])c1. The Labute approximate surface area is 171 Å². The van der Waals surface area contributed by atoms with E-state index in [4.69, 9.17) is 4.74 Å². The van der Waals surface area contributed by atoms with Crippen molar-refractivity contribution in [1.29, 1.82) is 0 Å². The van der Waals surface area contributed by atoms with E-state index in [1.165, 1.54) is 29.4 Å². The average Bonchev–Trinajstić information content (AvgIpc) is 3.28. The van der Waals surface area contributed by atoms with Crippen LogP contribution in [-0.2, 0) is 16.6 Å². The van der Waals surface area contributed by atoms with E-state index in [1.54, 1.807) is 25.5 Å². The maximum Gasteiger partial charge on any atom is 0.331 e. The molecule has 1 aromatic heterocycles. The van der Waals surface area contributed by atoms with Gasteiger partial charge in [0.05, 0.1) is 16.4 Å². The molecule has 1 amide bonds. The van der Waals surface area contributed by atoms with E-state index < -0.39 is 22.3 Å². The van der Waals surface area contributed by atoms with Crippen LogP contribution < -0.4 is 0 Å². The predicted octanol–water partition coefficient (Wildman–Crippen LogP) is 2.43. The molecule has 0 spiro atoms. The molecule has 2 heterocycles. The molecule has 1 aromatic carbocycles. The van der Waals surface area contributed by atoms with Gasteiger partial charge in [-0.05, 0) is 50.6 Å². The lowest BCUT2D eigenvalue weighted by Crippen LogP contribution is -2.51. The van der Waals surface area contributed by atoms with E-state index >= 15 is 0 Å². The van der Waals surface area contributed by atoms with Gasteiger partial charge in [-0.25, -0.2) is 4.79 Å². The lowest BCUT2D eigenvalue weighted by molar-refractivity contribution is -0.387. The number of amides is 1. The number of aromatic nitrogens is 3. The van der Waals surface area contributed by atoms with Crippen molar-refractivity contribution in [2.45, 2.75) is 42.3 Å². The molecule has 3 rings (SSSR count). The lowest BCUT2D eigenvalue weighted by Gasteiger charge is -2.32. The molecule has 154 valence electrons. The molecule has 11 heteroatoms. The third-order valence-electron chi connectivity index (χ3n) is 4.88. The van der Waals surface area contributed by atoms with E-state index in [-0.39, 0.29) is 17.9 Å². The van der Waals surface area contributed by atoms with Crippen LogP contribution in [0, 0.1) is 10.1 Å². The highest BCUT2D eigenvalue weighted by Crippen LogP contribution is 2.36. The summed E-state index contributed by atoms with van der Waals surface area (Å²) in [5.74, 6) is -0.897. The molecule has 10 nitrogen and oxygen atoms in total. The van der Waals surface area contributed by atoms with Crippen molar-refractivity contribution < 1.29 is 19.2 Å². The minimum absolute atomic E-state index is 0.149. The topological polar surface area (TPSA) is 120 Å². The Hall–Kier alpha value is -2.95. The van der Waals surface area contributed by atoms with Crippen LogP contribution in [0.4, 0.5) is 5.69 Å². The number of carbonyl (C=O) groups is 2. The number of aryl methyl sites for hydroxylation is 1. The van der Waals surface area contributed by atoms with Crippen LogP contribution in [0.15, 0.2) is 34.6 Å². The third-order valence-corrected chi connectivity index (χ3v) is 5.99. The van der Waals surface area contributed by atoms with Crippen LogP contribution in [0.5, 0.6) is 0 Å². The zero-order chi connectivity index (χ0) is 21.2. The monoisotopic (exact) mass is 419 g/mol. The Morgan fingerprint density at radius 3 is 2.79 bits per heavy atom. The lowest BCUT2D eigenvalue weighted by atomic mass is 9.98. The molecular formula is C18H21N5O5S. The standard InChI is InChI=1S/C18H21N5O5S/c1-4-28-16(25)18(2)8-5-9-22(18)15(24)12-6-7-14(13(10-12)23(26)27)29-17-20-19-11-21(17)3/h6-7,10-11H,4-5,8-9H2,1-3H3/t18-/m1/s1. The van der Waals surface area contributed by atoms with Crippen molar-refractivity contribution in [2.75, 3.05) is 13.2 Å². The highest BCUT2D eigenvalue weighted by Gasteiger charge is 2.47. The van der Waals surface area contributed by atoms with Crippen molar-refractivity contribution >= 4 is 29.3 Å². The maximum atomic E-state index is 13.1. The fraction of sp³-hybridized carbons (Fsp3) is 0.444. The van der Waals surface area contributed by atoms with Gasteiger partial charge in [-0.1, -0.05) is 0 Å². The van der Waals surface area contributed by atoms with E-state index in [0.717, 1.165) is 11.8 Å². The molecule has 2 aromatic rings. The van der Waals surface area contributed by atoms with Gasteiger partial charge in [0.2, 0.25) is 0 Å². The molecule has 1 saturated heterocycles. The minimum Gasteiger partial charge on any atom is -0.464 e. The smallest absolute Gasteiger partial charge is 0.331 e. The molecular weight excluding hydrogens is 398 g/mol. The molecule has 1 atom stereocenters. The fourth-order valence-corrected chi connectivity index (χ4v) is 4.14. The van der Waals surface area contributed by atoms with E-state index in [0.29, 0.717) is 29.4 Å². The number of carbonyl (C=O) groups excluding carboxylic acids is 2. The number of nitro benzene ring substituents is 1. The molecule has 0 saturated carbocycles. The first-order valence-corrected chi connectivity index (χ1v) is 9.89. The Bertz CT molecular complexity index is 962. The van der Waals surface area contributed by atoms with Gasteiger partial charge in [0.25, 0.3) is 11.6 Å². The van der Waals surface area contributed by atoms with E-state index in [9.17, 15) is 19.7 Å². The first kappa shape index (κ1) is 20.8. The summed E-state index contributed by atoms with van der Waals surface area (Å²) in [6, 6.07) is 4.28. The fourth-order valence-electron chi connectivity index (χ4n) is 3.29. The summed E-state index contributed by atoms with van der Waals surface area (Å²) >= 11 is 1.09. The van der Waals surface area contributed by atoms with Crippen molar-refractivity contribution in [3.05, 3.63) is 40.2 Å². The number of benzene rings is 1. The van der Waals surface area contributed by atoms with Gasteiger partial charge in [0.1, 0.15) is 11.9 Å². The molecule has 0 N–H and O–H groups in total. The summed E-state index contributed by atoms with van der Waals surface area (Å²) in [6.07, 6.45) is 2.64. The number of ether oxygens (including phenoxy) is 1. The van der Waals surface area contributed by atoms with Crippen molar-refractivity contribution in [2.24, 2.45) is 7.05 Å². The third kappa shape index (κ3) is 3.95. The molecule has 1 aliphatic rings. The van der Waals surface area contributed by atoms with Gasteiger partial charge < -0.3 is 14.2 Å². The number of hydrogen-bond acceptors (Lipinski definition) is 8. The average molecular weight is 419 g/mol. The Morgan fingerprint density at radius 1 is 1.41 bits per heavy atom. The number of nitrogens with zero attached hydrogens (tertiary/aromatic N) is 5. The second-order valence-electron chi connectivity index (χ2n) is 6.82. The number of esters is 1. The zero-order valence-corrected chi connectivity index (χ0v) is 17.1. The molecule has 0 radical (unpaired) electrons. The zero-order valence-electron chi connectivity index (χ0n) is 16.3. The minimum atomic E-state index is -1.08. The van der Waals surface area contributed by atoms with Gasteiger partial charge in [-0.15, -0.1) is 10.2 Å². The summed E-state index contributed by atoms with van der Waals surface area (Å²) in [7, 11) is 1.73. The second kappa shape index (κ2) is 8.19. The largest absolute Gasteiger partial charge is 0.464 e. The number of nitro groups is 1. The van der Waals surface area contributed by atoms with Gasteiger partial charge in [0, 0.05) is 25.2 Å². The predicted molar refractivity (Wildman–Crippen MR) is 104 cm³/mol. The second-order valence-corrected chi connectivity index (χ2v) is 7.83. The summed E-state index contributed by atoms with van der Waals surface area (Å²) < 4.78 is 6.78. The van der Waals surface area contributed by atoms with Crippen LogP contribution >= 0.6 is 11.8 Å². The van der Waals surface area contributed by atoms with Crippen LogP contribution in [0.3, 0.4) is 0 Å². The Balaban J connectivity index is 1.91. The summed E-state index contributed by atoms with van der Waals surface area (Å²) in [4.78, 5) is 38.4. The van der Waals surface area contributed by atoms with Crippen LogP contribution in [0.2, 0.25) is 0 Å². The number of likely N-dealkylation sites (tertiary alicyclic amines) is 1. The number of hydrogen-bond donors (Lipinski definition) is 0. The van der Waals surface area contributed by atoms with Gasteiger partial charge in [-0.3, -0.25) is 14.9 Å². The van der Waals surface area contributed by atoms with Crippen LogP contribution in [-0.4, -0.2) is 55.2 Å². The van der Waals surface area contributed by atoms with Crippen molar-refractivity contribution in [3.63, 3.8) is 0 Å². The molecule has 0 bridgehead atoms. The molecule has 29 heavy (non-hydrogen) atoms. The van der Waals surface area contributed by atoms with Gasteiger partial charge >= 0.3 is 5.97 Å². The van der Waals surface area contributed by atoms with Crippen LogP contribution in [0.1, 0.15) is 37.0 Å². The van der Waals surface area contributed by atoms with Crippen molar-refractivity contribution in [3.8, 4) is 0 Å². The van der Waals surface area contributed by atoms with E-state index in [2.05, 4.69) is 10.2 Å². The van der Waals surface area contributed by atoms with Crippen LogP contribution in [0.25, 0.3) is 0 Å². The maximum absolute atomic E-state index is 13.1. The highest BCUT2D eigenvalue weighted by atomic mass is 32.2. The van der Waals surface area contributed by atoms with Gasteiger partial charge in [-0.2, -0.15) is 0 Å². The summed E-state index contributed by atoms with van der Waals surface area (Å²) in [6.45, 7) is 3.98. The molecule has 0 unspecified atom stereocenters. The normalized spacial score (nSPS) is 18.7.